The molecule has 1 amide bonds. The van der Waals surface area contributed by atoms with Crippen molar-refractivity contribution in [1.82, 2.24) is 10.1 Å². The van der Waals surface area contributed by atoms with Crippen LogP contribution in [0.3, 0.4) is 0 Å². The Morgan fingerprint density at radius 2 is 2.15 bits per heavy atom. The second-order valence-electron chi connectivity index (χ2n) is 8.18. The molecule has 2 aliphatic heterocycles. The van der Waals surface area contributed by atoms with Gasteiger partial charge in [0.25, 0.3) is 5.91 Å². The van der Waals surface area contributed by atoms with Crippen molar-refractivity contribution >= 4 is 5.91 Å². The first-order chi connectivity index (χ1) is 12.6. The van der Waals surface area contributed by atoms with Crippen LogP contribution in [0.25, 0.3) is 0 Å². The number of nitrogens with zero attached hydrogens (tertiary/aromatic N) is 2. The van der Waals surface area contributed by atoms with Gasteiger partial charge in [-0.05, 0) is 50.9 Å². The van der Waals surface area contributed by atoms with E-state index in [1.807, 2.05) is 11.8 Å². The van der Waals surface area contributed by atoms with Gasteiger partial charge in [0.05, 0.1) is 18.8 Å². The van der Waals surface area contributed by atoms with E-state index in [0.29, 0.717) is 36.0 Å². The van der Waals surface area contributed by atoms with Gasteiger partial charge in [0.15, 0.2) is 0 Å². The van der Waals surface area contributed by atoms with Crippen molar-refractivity contribution in [2.75, 3.05) is 32.9 Å². The van der Waals surface area contributed by atoms with E-state index in [1.54, 1.807) is 0 Å². The molecule has 0 unspecified atom stereocenters. The predicted molar refractivity (Wildman–Crippen MR) is 96.1 cm³/mol. The minimum atomic E-state index is -0.158. The largest absolute Gasteiger partial charge is 0.381 e. The fourth-order valence-electron chi connectivity index (χ4n) is 4.29. The van der Waals surface area contributed by atoms with Crippen LogP contribution in [0.1, 0.15) is 60.8 Å². The number of rotatable bonds is 8. The summed E-state index contributed by atoms with van der Waals surface area (Å²) < 4.78 is 17.3. The molecule has 1 atom stereocenters. The molecule has 1 saturated carbocycles. The van der Waals surface area contributed by atoms with Gasteiger partial charge in [-0.2, -0.15) is 0 Å². The molecular formula is C20H30N2O4. The summed E-state index contributed by atoms with van der Waals surface area (Å²) in [7, 11) is 0. The third kappa shape index (κ3) is 3.41. The lowest BCUT2D eigenvalue weighted by atomic mass is 9.78. The first kappa shape index (κ1) is 18.0. The van der Waals surface area contributed by atoms with Crippen LogP contribution in [0.15, 0.2) is 4.52 Å². The van der Waals surface area contributed by atoms with Gasteiger partial charge in [-0.3, -0.25) is 4.79 Å². The molecule has 26 heavy (non-hydrogen) atoms. The Balaban J connectivity index is 1.32. The standard InChI is InChI=1S/C20H30N2O4/c1-3-4-17-18(14(2)21-26-17)19(23)22-12-20(13-22)16(8-10-25-20)7-9-24-11-15-5-6-15/h15-16H,3-13H2,1-2H3/t16-/m1/s1. The summed E-state index contributed by atoms with van der Waals surface area (Å²) in [4.78, 5) is 14.8. The van der Waals surface area contributed by atoms with Crippen LogP contribution in [0.4, 0.5) is 0 Å². The van der Waals surface area contributed by atoms with Gasteiger partial charge in [-0.25, -0.2) is 0 Å². The molecule has 6 heteroatoms. The number of aryl methyl sites for hydroxylation is 2. The lowest BCUT2D eigenvalue weighted by molar-refractivity contribution is -0.120. The summed E-state index contributed by atoms with van der Waals surface area (Å²) in [6.07, 6.45) is 6.44. The average molecular weight is 362 g/mol. The SMILES string of the molecule is CCCc1onc(C)c1C(=O)N1CC2(C1)OCC[C@H]2CCOCC1CC1. The highest BCUT2D eigenvalue weighted by atomic mass is 16.5. The average Bonchev–Trinajstić information content (AvgIpc) is 3.21. The Labute approximate surface area is 155 Å². The van der Waals surface area contributed by atoms with Gasteiger partial charge in [0.1, 0.15) is 16.9 Å². The third-order valence-electron chi connectivity index (χ3n) is 6.09. The number of aromatic nitrogens is 1. The van der Waals surface area contributed by atoms with Crippen molar-refractivity contribution in [2.24, 2.45) is 11.8 Å². The fraction of sp³-hybridized carbons (Fsp3) is 0.800. The highest BCUT2D eigenvalue weighted by Gasteiger charge is 2.54. The Morgan fingerprint density at radius 3 is 2.88 bits per heavy atom. The van der Waals surface area contributed by atoms with Gasteiger partial charge >= 0.3 is 0 Å². The normalized spacial score (nSPS) is 24.2. The monoisotopic (exact) mass is 362 g/mol. The molecule has 1 spiro atoms. The first-order valence-electron chi connectivity index (χ1n) is 10.1. The molecule has 4 rings (SSSR count). The lowest BCUT2D eigenvalue weighted by Gasteiger charge is -2.50. The minimum absolute atomic E-state index is 0.0389. The molecule has 1 aromatic rings. The summed E-state index contributed by atoms with van der Waals surface area (Å²) in [5.74, 6) is 2.06. The zero-order chi connectivity index (χ0) is 18.1. The van der Waals surface area contributed by atoms with E-state index < -0.39 is 0 Å². The van der Waals surface area contributed by atoms with Crippen LogP contribution in [-0.2, 0) is 15.9 Å². The molecule has 3 aliphatic rings. The van der Waals surface area contributed by atoms with Gasteiger partial charge in [-0.15, -0.1) is 0 Å². The van der Waals surface area contributed by atoms with E-state index in [-0.39, 0.29) is 11.5 Å². The molecule has 1 aromatic heterocycles. The van der Waals surface area contributed by atoms with Crippen LogP contribution in [0, 0.1) is 18.8 Å². The molecule has 3 fully saturated rings. The van der Waals surface area contributed by atoms with Crippen molar-refractivity contribution < 1.29 is 18.8 Å². The van der Waals surface area contributed by atoms with E-state index in [0.717, 1.165) is 51.4 Å². The van der Waals surface area contributed by atoms with Crippen molar-refractivity contribution in [1.29, 1.82) is 0 Å². The van der Waals surface area contributed by atoms with Gasteiger partial charge in [0, 0.05) is 26.2 Å². The molecule has 3 heterocycles. The van der Waals surface area contributed by atoms with Gasteiger partial charge < -0.3 is 18.9 Å². The van der Waals surface area contributed by atoms with Crippen LogP contribution in [-0.4, -0.2) is 54.5 Å². The summed E-state index contributed by atoms with van der Waals surface area (Å²) in [5, 5.41) is 4.00. The van der Waals surface area contributed by atoms with Crippen molar-refractivity contribution in [3.05, 3.63) is 17.0 Å². The van der Waals surface area contributed by atoms with Gasteiger partial charge in [-0.1, -0.05) is 12.1 Å². The Kier molecular flexibility index (Phi) is 5.06. The summed E-state index contributed by atoms with van der Waals surface area (Å²) in [6.45, 7) is 7.79. The molecule has 0 bridgehead atoms. The van der Waals surface area contributed by atoms with Crippen LogP contribution in [0.2, 0.25) is 0 Å². The number of amides is 1. The Morgan fingerprint density at radius 1 is 1.35 bits per heavy atom. The number of carbonyl (C=O) groups is 1. The molecule has 0 radical (unpaired) electrons. The maximum atomic E-state index is 12.9. The van der Waals surface area contributed by atoms with Crippen LogP contribution in [0.5, 0.6) is 0 Å². The lowest BCUT2D eigenvalue weighted by Crippen LogP contribution is -2.66. The summed E-state index contributed by atoms with van der Waals surface area (Å²) >= 11 is 0. The molecular weight excluding hydrogens is 332 g/mol. The Bertz CT molecular complexity index is 646. The van der Waals surface area contributed by atoms with E-state index in [4.69, 9.17) is 14.0 Å². The molecule has 1 aliphatic carbocycles. The molecule has 0 N–H and O–H groups in total. The second-order valence-corrected chi connectivity index (χ2v) is 8.18. The molecule has 2 saturated heterocycles. The maximum absolute atomic E-state index is 12.9. The van der Waals surface area contributed by atoms with E-state index in [1.165, 1.54) is 12.8 Å². The third-order valence-corrected chi connectivity index (χ3v) is 6.09. The number of hydrogen-bond acceptors (Lipinski definition) is 5. The number of hydrogen-bond donors (Lipinski definition) is 0. The number of likely N-dealkylation sites (tertiary alicyclic amines) is 1. The smallest absolute Gasteiger partial charge is 0.259 e. The Hall–Kier alpha value is -1.40. The fourth-order valence-corrected chi connectivity index (χ4v) is 4.29. The highest BCUT2D eigenvalue weighted by molar-refractivity contribution is 5.96. The van der Waals surface area contributed by atoms with E-state index in [9.17, 15) is 4.79 Å². The van der Waals surface area contributed by atoms with Crippen LogP contribution < -0.4 is 0 Å². The van der Waals surface area contributed by atoms with Crippen molar-refractivity contribution in [3.63, 3.8) is 0 Å². The molecule has 144 valence electrons. The van der Waals surface area contributed by atoms with Gasteiger partial charge in [0.2, 0.25) is 0 Å². The molecule has 6 nitrogen and oxygen atoms in total. The minimum Gasteiger partial charge on any atom is -0.381 e. The predicted octanol–water partition coefficient (Wildman–Crippen LogP) is 2.98. The molecule has 0 aromatic carbocycles. The van der Waals surface area contributed by atoms with E-state index >= 15 is 0 Å². The summed E-state index contributed by atoms with van der Waals surface area (Å²) in [5.41, 5.74) is 1.19. The van der Waals surface area contributed by atoms with Crippen molar-refractivity contribution in [3.8, 4) is 0 Å². The number of carbonyl (C=O) groups excluding carboxylic acids is 1. The van der Waals surface area contributed by atoms with E-state index in [2.05, 4.69) is 12.1 Å². The topological polar surface area (TPSA) is 64.8 Å². The first-order valence-corrected chi connectivity index (χ1v) is 10.1. The second kappa shape index (κ2) is 7.31. The zero-order valence-electron chi connectivity index (χ0n) is 16.0. The summed E-state index contributed by atoms with van der Waals surface area (Å²) in [6, 6.07) is 0. The van der Waals surface area contributed by atoms with Crippen molar-refractivity contribution in [2.45, 2.75) is 58.0 Å². The zero-order valence-corrected chi connectivity index (χ0v) is 16.0. The number of ether oxygens (including phenoxy) is 2. The maximum Gasteiger partial charge on any atom is 0.259 e. The van der Waals surface area contributed by atoms with Crippen LogP contribution >= 0.6 is 0 Å². The highest BCUT2D eigenvalue weighted by Crippen LogP contribution is 2.42. The quantitative estimate of drug-likeness (QED) is 0.665.